The Balaban J connectivity index is 2.03. The third-order valence-corrected chi connectivity index (χ3v) is 2.84. The van der Waals surface area contributed by atoms with E-state index in [0.29, 0.717) is 5.69 Å². The molecule has 0 aromatic carbocycles. The van der Waals surface area contributed by atoms with E-state index in [2.05, 4.69) is 15.3 Å². The number of nitrogens with zero attached hydrogens (tertiary/aromatic N) is 2. The van der Waals surface area contributed by atoms with E-state index in [0.717, 1.165) is 0 Å². The molecule has 1 aliphatic rings. The van der Waals surface area contributed by atoms with E-state index in [9.17, 15) is 14.7 Å². The molecule has 22 heavy (non-hydrogen) atoms. The molecular weight excluding hydrogens is 290 g/mol. The van der Waals surface area contributed by atoms with E-state index >= 15 is 0 Å². The molecule has 114 valence electrons. The van der Waals surface area contributed by atoms with Crippen LogP contribution in [0.1, 0.15) is 23.3 Å². The van der Waals surface area contributed by atoms with Crippen LogP contribution in [-0.2, 0) is 4.79 Å². The minimum Gasteiger partial charge on any atom is -0.511 e. The number of nitrogens with one attached hydrogen (secondary N) is 2. The highest BCUT2D eigenvalue weighted by Gasteiger charge is 2.21. The van der Waals surface area contributed by atoms with Gasteiger partial charge in [0.25, 0.3) is 0 Å². The number of aromatic carboxylic acids is 1. The van der Waals surface area contributed by atoms with Gasteiger partial charge >= 0.3 is 5.97 Å². The second-order valence-electron chi connectivity index (χ2n) is 4.52. The molecule has 1 amide bonds. The molecule has 0 radical (unpaired) electrons. The summed E-state index contributed by atoms with van der Waals surface area (Å²) in [5, 5.41) is 28.6. The van der Waals surface area contributed by atoms with Crippen molar-refractivity contribution in [3.05, 3.63) is 35.4 Å². The SMILES string of the molecule is N=C1N=C(N)CC(O)=C1CC(=O)Nc1ccc(C(=O)O)nc1. The van der Waals surface area contributed by atoms with Crippen molar-refractivity contribution in [2.24, 2.45) is 10.7 Å². The zero-order chi connectivity index (χ0) is 16.3. The fourth-order valence-electron chi connectivity index (χ4n) is 1.81. The molecule has 6 N–H and O–H groups in total. The van der Waals surface area contributed by atoms with Crippen LogP contribution in [0.15, 0.2) is 34.7 Å². The molecule has 0 bridgehead atoms. The third kappa shape index (κ3) is 3.45. The number of carbonyl (C=O) groups is 2. The highest BCUT2D eigenvalue weighted by Crippen LogP contribution is 2.18. The Bertz CT molecular complexity index is 706. The number of aromatic nitrogens is 1. The van der Waals surface area contributed by atoms with Crippen molar-refractivity contribution >= 4 is 29.2 Å². The van der Waals surface area contributed by atoms with Gasteiger partial charge < -0.3 is 21.3 Å². The van der Waals surface area contributed by atoms with Crippen molar-refractivity contribution < 1.29 is 19.8 Å². The van der Waals surface area contributed by atoms with E-state index in [1.165, 1.54) is 18.3 Å². The molecule has 2 heterocycles. The van der Waals surface area contributed by atoms with Gasteiger partial charge in [-0.05, 0) is 12.1 Å². The van der Waals surface area contributed by atoms with Gasteiger partial charge in [-0.2, -0.15) is 0 Å². The maximum Gasteiger partial charge on any atom is 0.354 e. The molecule has 0 aliphatic carbocycles. The van der Waals surface area contributed by atoms with Crippen LogP contribution >= 0.6 is 0 Å². The normalized spacial score (nSPS) is 14.5. The van der Waals surface area contributed by atoms with Crippen LogP contribution in [0.3, 0.4) is 0 Å². The maximum absolute atomic E-state index is 11.9. The summed E-state index contributed by atoms with van der Waals surface area (Å²) in [6.07, 6.45) is 0.958. The topological polar surface area (TPSA) is 162 Å². The molecular formula is C13H13N5O4. The van der Waals surface area contributed by atoms with Crippen LogP contribution < -0.4 is 11.1 Å². The van der Waals surface area contributed by atoms with Gasteiger partial charge in [-0.1, -0.05) is 0 Å². The number of anilines is 1. The third-order valence-electron chi connectivity index (χ3n) is 2.84. The maximum atomic E-state index is 11.9. The number of amides is 1. The van der Waals surface area contributed by atoms with E-state index in [4.69, 9.17) is 16.2 Å². The van der Waals surface area contributed by atoms with Gasteiger partial charge in [-0.15, -0.1) is 0 Å². The van der Waals surface area contributed by atoms with Gasteiger partial charge in [0.2, 0.25) is 5.91 Å². The van der Waals surface area contributed by atoms with Gasteiger partial charge in [-0.3, -0.25) is 10.2 Å². The molecule has 0 atom stereocenters. The predicted molar refractivity (Wildman–Crippen MR) is 78.1 cm³/mol. The lowest BCUT2D eigenvalue weighted by molar-refractivity contribution is -0.115. The molecule has 0 unspecified atom stereocenters. The van der Waals surface area contributed by atoms with Gasteiger partial charge in [0.1, 0.15) is 17.3 Å². The number of pyridine rings is 1. The quantitative estimate of drug-likeness (QED) is 0.548. The van der Waals surface area contributed by atoms with Crippen molar-refractivity contribution in [3.8, 4) is 0 Å². The lowest BCUT2D eigenvalue weighted by atomic mass is 10.1. The summed E-state index contributed by atoms with van der Waals surface area (Å²) in [5.74, 6) is -1.96. The van der Waals surface area contributed by atoms with Crippen LogP contribution in [0.5, 0.6) is 0 Å². The Morgan fingerprint density at radius 1 is 1.41 bits per heavy atom. The van der Waals surface area contributed by atoms with Gasteiger partial charge in [0.05, 0.1) is 24.7 Å². The Labute approximate surface area is 124 Å². The standard InChI is InChI=1S/C13H13N5O4/c14-10-4-9(19)7(12(15)18-10)3-11(20)17-6-1-2-8(13(21)22)16-5-6/h1-2,5,19H,3-4H2,(H,17,20)(H,21,22)(H3,14,15,18). The van der Waals surface area contributed by atoms with Crippen LogP contribution in [0.4, 0.5) is 5.69 Å². The van der Waals surface area contributed by atoms with Crippen molar-refractivity contribution in [2.75, 3.05) is 5.32 Å². The van der Waals surface area contributed by atoms with E-state index in [1.54, 1.807) is 0 Å². The van der Waals surface area contributed by atoms with Crippen molar-refractivity contribution in [3.63, 3.8) is 0 Å². The second-order valence-corrected chi connectivity index (χ2v) is 4.52. The van der Waals surface area contributed by atoms with Crippen molar-refractivity contribution in [1.82, 2.24) is 4.98 Å². The highest BCUT2D eigenvalue weighted by molar-refractivity contribution is 6.11. The average Bonchev–Trinajstić information content (AvgIpc) is 2.43. The first-order valence-corrected chi connectivity index (χ1v) is 6.19. The number of aliphatic hydroxyl groups excluding tert-OH is 1. The predicted octanol–water partition coefficient (Wildman–Crippen LogP) is 0.659. The zero-order valence-electron chi connectivity index (χ0n) is 11.3. The smallest absolute Gasteiger partial charge is 0.354 e. The number of amidine groups is 2. The number of carbonyl (C=O) groups excluding carboxylic acids is 1. The Morgan fingerprint density at radius 3 is 2.68 bits per heavy atom. The molecule has 1 aromatic rings. The van der Waals surface area contributed by atoms with Crippen LogP contribution in [0.25, 0.3) is 0 Å². The molecule has 1 aromatic heterocycles. The number of carboxylic acids is 1. The number of aliphatic hydroxyl groups is 1. The summed E-state index contributed by atoms with van der Waals surface area (Å²) in [6.45, 7) is 0. The second kappa shape index (κ2) is 6.04. The fraction of sp³-hybridized carbons (Fsp3) is 0.154. The number of hydrogen-bond donors (Lipinski definition) is 5. The van der Waals surface area contributed by atoms with E-state index in [-0.39, 0.29) is 41.5 Å². The number of carboxylic acid groups (broad SMARTS) is 1. The highest BCUT2D eigenvalue weighted by atomic mass is 16.4. The average molecular weight is 303 g/mol. The van der Waals surface area contributed by atoms with E-state index in [1.807, 2.05) is 0 Å². The number of hydrogen-bond acceptors (Lipinski definition) is 6. The minimum atomic E-state index is -1.17. The molecule has 9 heteroatoms. The van der Waals surface area contributed by atoms with Crippen LogP contribution in [0.2, 0.25) is 0 Å². The number of nitrogens with two attached hydrogens (primary N) is 1. The summed E-state index contributed by atoms with van der Waals surface area (Å²) in [7, 11) is 0. The molecule has 1 aliphatic heterocycles. The monoisotopic (exact) mass is 303 g/mol. The van der Waals surface area contributed by atoms with Crippen LogP contribution in [-0.4, -0.2) is 38.7 Å². The Morgan fingerprint density at radius 2 is 2.14 bits per heavy atom. The zero-order valence-corrected chi connectivity index (χ0v) is 11.3. The molecule has 0 spiro atoms. The van der Waals surface area contributed by atoms with Crippen LogP contribution in [0, 0.1) is 5.41 Å². The van der Waals surface area contributed by atoms with Crippen molar-refractivity contribution in [2.45, 2.75) is 12.8 Å². The number of rotatable bonds is 4. The Hall–Kier alpha value is -3.23. The lowest BCUT2D eigenvalue weighted by Gasteiger charge is -2.14. The summed E-state index contributed by atoms with van der Waals surface area (Å²) in [5.41, 5.74) is 5.69. The van der Waals surface area contributed by atoms with Gasteiger partial charge in [0.15, 0.2) is 5.84 Å². The molecule has 0 saturated carbocycles. The number of dihydropyridines is 1. The van der Waals surface area contributed by atoms with Gasteiger partial charge in [-0.25, -0.2) is 14.8 Å². The Kier molecular flexibility index (Phi) is 4.16. The summed E-state index contributed by atoms with van der Waals surface area (Å²) < 4.78 is 0. The molecule has 9 nitrogen and oxygen atoms in total. The molecule has 0 fully saturated rings. The summed E-state index contributed by atoms with van der Waals surface area (Å²) in [6, 6.07) is 2.65. The lowest BCUT2D eigenvalue weighted by Crippen LogP contribution is -2.24. The molecule has 0 saturated heterocycles. The van der Waals surface area contributed by atoms with E-state index < -0.39 is 11.9 Å². The minimum absolute atomic E-state index is 0.000141. The first kappa shape index (κ1) is 15.2. The first-order valence-electron chi connectivity index (χ1n) is 6.19. The van der Waals surface area contributed by atoms with Crippen molar-refractivity contribution in [1.29, 1.82) is 5.41 Å². The fourth-order valence-corrected chi connectivity index (χ4v) is 1.81. The summed E-state index contributed by atoms with van der Waals surface area (Å²) >= 11 is 0. The molecule has 2 rings (SSSR count). The number of aliphatic imine (C=N–C) groups is 1. The largest absolute Gasteiger partial charge is 0.511 e. The summed E-state index contributed by atoms with van der Waals surface area (Å²) in [4.78, 5) is 29.9. The van der Waals surface area contributed by atoms with Gasteiger partial charge in [0, 0.05) is 5.57 Å². The first-order chi connectivity index (χ1) is 10.4.